The van der Waals surface area contributed by atoms with Gasteiger partial charge in [-0.25, -0.2) is 0 Å². The van der Waals surface area contributed by atoms with E-state index in [4.69, 9.17) is 9.90 Å². The van der Waals surface area contributed by atoms with Crippen LogP contribution in [0, 0.1) is 0 Å². The molecule has 3 nitrogen and oxygen atoms in total. The maximum atomic E-state index is 9.12. The highest BCUT2D eigenvalue weighted by atomic mass is 16.2. The Kier molecular flexibility index (Phi) is 26.7. The quantitative estimate of drug-likeness (QED) is 0.338. The van der Waals surface area contributed by atoms with Crippen LogP contribution in [0.4, 0.5) is 0 Å². The van der Waals surface area contributed by atoms with Crippen molar-refractivity contribution in [3.63, 3.8) is 0 Å². The maximum Gasteiger partial charge on any atom is 0.306 e. The van der Waals surface area contributed by atoms with Gasteiger partial charge in [0.15, 0.2) is 0 Å². The molecule has 0 bridgehead atoms. The summed E-state index contributed by atoms with van der Waals surface area (Å²) in [5, 5.41) is 9.12. The molecule has 0 unspecified atom stereocenters. The number of rotatable bonds is 0. The first-order valence-electron chi connectivity index (χ1n) is 1.64. The van der Waals surface area contributed by atoms with E-state index in [-0.39, 0.29) is 0 Å². The summed E-state index contributed by atoms with van der Waals surface area (Å²) in [6.07, 6.45) is 3.19. The molecule has 40 valence electrons. The lowest BCUT2D eigenvalue weighted by Crippen LogP contribution is -1.82. The first kappa shape index (κ1) is 9.38. The fourth-order valence-electron chi connectivity index (χ4n) is 0. The molecule has 0 aliphatic rings. The van der Waals surface area contributed by atoms with E-state index in [1.165, 1.54) is 6.08 Å². The van der Waals surface area contributed by atoms with Crippen molar-refractivity contribution >= 4 is 6.41 Å². The van der Waals surface area contributed by atoms with E-state index < -0.39 is 0 Å². The van der Waals surface area contributed by atoms with Crippen molar-refractivity contribution in [1.82, 2.24) is 0 Å². The molecule has 0 saturated carbocycles. The number of carbonyl (C=O) groups excluding carboxylic acids is 1. The first-order valence-corrected chi connectivity index (χ1v) is 1.64. The zero-order valence-electron chi connectivity index (χ0n) is 4.05. The van der Waals surface area contributed by atoms with Gasteiger partial charge in [-0.3, -0.25) is 9.90 Å². The Labute approximate surface area is 42.4 Å². The third-order valence-electron chi connectivity index (χ3n) is 0.136. The van der Waals surface area contributed by atoms with Gasteiger partial charge in [0.05, 0.1) is 0 Å². The van der Waals surface area contributed by atoms with Crippen LogP contribution in [0.1, 0.15) is 6.92 Å². The Bertz CT molecular complexity index is 47.7. The average molecular weight is 101 g/mol. The van der Waals surface area contributed by atoms with Crippen LogP contribution in [-0.2, 0) is 9.90 Å². The monoisotopic (exact) mass is 101 g/mol. The minimum absolute atomic E-state index is 0.750. The van der Waals surface area contributed by atoms with E-state index in [1.807, 2.05) is 0 Å². The van der Waals surface area contributed by atoms with Crippen molar-refractivity contribution in [2.75, 3.05) is 0 Å². The molecule has 0 aromatic rings. The van der Waals surface area contributed by atoms with Crippen LogP contribution in [0.5, 0.6) is 0 Å². The molecule has 0 heterocycles. The van der Waals surface area contributed by atoms with Gasteiger partial charge in [0.2, 0.25) is 0 Å². The summed E-state index contributed by atoms with van der Waals surface area (Å²) in [5.74, 6) is 0. The Morgan fingerprint density at radius 3 is 1.86 bits per heavy atom. The van der Waals surface area contributed by atoms with Gasteiger partial charge in [0.1, 0.15) is 6.26 Å². The summed E-state index contributed by atoms with van der Waals surface area (Å²) in [5.41, 5.74) is 4.04. The summed E-state index contributed by atoms with van der Waals surface area (Å²) < 4.78 is 0. The van der Waals surface area contributed by atoms with Crippen LogP contribution in [-0.4, -0.2) is 6.41 Å². The minimum atomic E-state index is 0.750. The number of nitrogens with two attached hydrogens (primary N) is 1. The molecular formula is C4H7NO2. The first-order chi connectivity index (χ1) is 3.33. The summed E-state index contributed by atoms with van der Waals surface area (Å²) >= 11 is 0. The van der Waals surface area contributed by atoms with Crippen molar-refractivity contribution < 1.29 is 9.90 Å². The second-order valence-electron chi connectivity index (χ2n) is 0.587. The van der Waals surface area contributed by atoms with Crippen LogP contribution in [0.3, 0.4) is 0 Å². The second-order valence-corrected chi connectivity index (χ2v) is 0.587. The largest absolute Gasteiger partial charge is 0.361 e. The standard InChI is InChI=1S/C3H5O.CH2NO/c1-2-3-4;2-1-3/h2-3H,1H3;(H2,2,3). The smallest absolute Gasteiger partial charge is 0.306 e. The molecule has 0 aromatic heterocycles. The predicted octanol–water partition coefficient (Wildman–Crippen LogP) is -0.0372. The van der Waals surface area contributed by atoms with Crippen molar-refractivity contribution in [1.29, 1.82) is 0 Å². The van der Waals surface area contributed by atoms with Gasteiger partial charge in [-0.05, 0) is 13.0 Å². The SMILES string of the molecule is CC=C[O].N[C]=O. The summed E-state index contributed by atoms with van der Waals surface area (Å²) in [7, 11) is 0. The normalized spacial score (nSPS) is 7.00. The molecule has 0 aliphatic carbocycles. The molecule has 2 radical (unpaired) electrons. The van der Waals surface area contributed by atoms with Crippen LogP contribution >= 0.6 is 0 Å². The molecule has 0 aliphatic heterocycles. The Hall–Kier alpha value is -0.990. The van der Waals surface area contributed by atoms with E-state index in [2.05, 4.69) is 5.73 Å². The van der Waals surface area contributed by atoms with Gasteiger partial charge in [0.25, 0.3) is 0 Å². The highest BCUT2D eigenvalue weighted by Gasteiger charge is 1.40. The topological polar surface area (TPSA) is 63.0 Å². The predicted molar refractivity (Wildman–Crippen MR) is 25.4 cm³/mol. The fraction of sp³-hybridized carbons (Fsp3) is 0.250. The van der Waals surface area contributed by atoms with Crippen LogP contribution in [0.15, 0.2) is 12.3 Å². The molecule has 2 N–H and O–H groups in total. The highest BCUT2D eigenvalue weighted by Crippen LogP contribution is 1.53. The van der Waals surface area contributed by atoms with Crippen molar-refractivity contribution in [2.45, 2.75) is 6.92 Å². The third-order valence-corrected chi connectivity index (χ3v) is 0.136. The third kappa shape index (κ3) is 454000. The van der Waals surface area contributed by atoms with E-state index >= 15 is 0 Å². The van der Waals surface area contributed by atoms with Crippen molar-refractivity contribution in [3.8, 4) is 0 Å². The van der Waals surface area contributed by atoms with Crippen molar-refractivity contribution in [3.05, 3.63) is 12.3 Å². The molecule has 0 spiro atoms. The number of allylic oxidation sites excluding steroid dienone is 1. The molecule has 3 heteroatoms. The molecule has 0 fully saturated rings. The van der Waals surface area contributed by atoms with Gasteiger partial charge in [0, 0.05) is 0 Å². The second kappa shape index (κ2) is 19.9. The number of hydrogen-bond donors (Lipinski definition) is 1. The Morgan fingerprint density at radius 1 is 1.71 bits per heavy atom. The number of hydrogen-bond acceptors (Lipinski definition) is 1. The minimum Gasteiger partial charge on any atom is -0.361 e. The molecule has 0 rings (SSSR count). The lowest BCUT2D eigenvalue weighted by molar-refractivity contribution is 0.351. The Morgan fingerprint density at radius 2 is 1.86 bits per heavy atom. The van der Waals surface area contributed by atoms with E-state index in [0.717, 1.165) is 12.7 Å². The van der Waals surface area contributed by atoms with Crippen molar-refractivity contribution in [2.24, 2.45) is 5.73 Å². The van der Waals surface area contributed by atoms with E-state index in [0.29, 0.717) is 0 Å². The number of primary amides is 1. The molecule has 1 amide bonds. The fourth-order valence-corrected chi connectivity index (χ4v) is 0. The molecule has 0 atom stereocenters. The van der Waals surface area contributed by atoms with E-state index in [1.54, 1.807) is 6.92 Å². The lowest BCUT2D eigenvalue weighted by atomic mass is 10.8. The van der Waals surface area contributed by atoms with Gasteiger partial charge >= 0.3 is 6.41 Å². The Balaban J connectivity index is 0. The average Bonchev–Trinajstić information content (AvgIpc) is 1.69. The lowest BCUT2D eigenvalue weighted by Gasteiger charge is -1.45. The highest BCUT2D eigenvalue weighted by molar-refractivity contribution is 5.43. The van der Waals surface area contributed by atoms with Gasteiger partial charge < -0.3 is 5.73 Å². The van der Waals surface area contributed by atoms with Gasteiger partial charge in [-0.15, -0.1) is 0 Å². The molecule has 0 saturated heterocycles. The van der Waals surface area contributed by atoms with E-state index in [9.17, 15) is 0 Å². The molecule has 7 heavy (non-hydrogen) atoms. The maximum absolute atomic E-state index is 9.12. The van der Waals surface area contributed by atoms with Crippen LogP contribution in [0.2, 0.25) is 0 Å². The summed E-state index contributed by atoms with van der Waals surface area (Å²) in [6.45, 7) is 1.69. The summed E-state index contributed by atoms with van der Waals surface area (Å²) in [4.78, 5) is 8.46. The molecular weight excluding hydrogens is 94.0 g/mol. The number of amides is 1. The van der Waals surface area contributed by atoms with Crippen LogP contribution in [0.25, 0.3) is 0 Å². The van der Waals surface area contributed by atoms with Crippen LogP contribution < -0.4 is 5.73 Å². The molecule has 0 aromatic carbocycles. The van der Waals surface area contributed by atoms with Gasteiger partial charge in [-0.1, -0.05) is 0 Å². The zero-order chi connectivity index (χ0) is 6.12. The zero-order valence-corrected chi connectivity index (χ0v) is 4.05. The van der Waals surface area contributed by atoms with Gasteiger partial charge in [-0.2, -0.15) is 0 Å². The summed E-state index contributed by atoms with van der Waals surface area (Å²) in [6, 6.07) is 0.